The summed E-state index contributed by atoms with van der Waals surface area (Å²) in [7, 11) is 0. The van der Waals surface area contributed by atoms with Crippen LogP contribution in [0.4, 0.5) is 4.39 Å². The van der Waals surface area contributed by atoms with E-state index in [9.17, 15) is 9.18 Å². The Kier molecular flexibility index (Phi) is 5.75. The number of nitrogens with one attached hydrogen (secondary N) is 1. The molecule has 0 saturated heterocycles. The number of benzene rings is 1. The van der Waals surface area contributed by atoms with E-state index in [0.29, 0.717) is 22.8 Å². The lowest BCUT2D eigenvalue weighted by Crippen LogP contribution is -2.25. The largest absolute Gasteiger partial charge is 0.453 e. The van der Waals surface area contributed by atoms with Crippen molar-refractivity contribution >= 4 is 16.9 Å². The molecular formula is C27H28FN5O2. The molecular weight excluding hydrogens is 445 g/mol. The number of hydrogen-bond donors (Lipinski definition) is 1. The zero-order chi connectivity index (χ0) is 24.7. The Morgan fingerprint density at radius 3 is 2.69 bits per heavy atom. The first-order chi connectivity index (χ1) is 16.7. The van der Waals surface area contributed by atoms with Crippen LogP contribution in [-0.4, -0.2) is 25.7 Å². The van der Waals surface area contributed by atoms with E-state index >= 15 is 0 Å². The molecule has 1 fully saturated rings. The van der Waals surface area contributed by atoms with E-state index in [0.717, 1.165) is 35.3 Å². The number of amides is 1. The van der Waals surface area contributed by atoms with E-state index in [1.807, 2.05) is 17.7 Å². The highest BCUT2D eigenvalue weighted by Gasteiger charge is 2.30. The van der Waals surface area contributed by atoms with Gasteiger partial charge in [0.15, 0.2) is 17.2 Å². The van der Waals surface area contributed by atoms with Gasteiger partial charge in [0, 0.05) is 24.4 Å². The summed E-state index contributed by atoms with van der Waals surface area (Å²) in [5, 5.41) is 8.41. The number of rotatable bonds is 6. The van der Waals surface area contributed by atoms with Gasteiger partial charge in [-0.1, -0.05) is 6.07 Å². The van der Waals surface area contributed by atoms with Crippen molar-refractivity contribution in [2.24, 2.45) is 0 Å². The molecule has 4 aromatic rings. The van der Waals surface area contributed by atoms with Gasteiger partial charge in [-0.15, -0.1) is 0 Å². The molecule has 1 saturated carbocycles. The zero-order valence-electron chi connectivity index (χ0n) is 20.3. The average molecular weight is 474 g/mol. The number of halogens is 1. The second-order valence-corrected chi connectivity index (χ2v) is 9.97. The van der Waals surface area contributed by atoms with Gasteiger partial charge in [-0.3, -0.25) is 9.78 Å². The summed E-state index contributed by atoms with van der Waals surface area (Å²) < 4.78 is 22.1. The van der Waals surface area contributed by atoms with E-state index in [4.69, 9.17) is 14.8 Å². The Morgan fingerprint density at radius 2 is 2.03 bits per heavy atom. The molecule has 0 bridgehead atoms. The van der Waals surface area contributed by atoms with Crippen LogP contribution >= 0.6 is 0 Å². The van der Waals surface area contributed by atoms with Gasteiger partial charge >= 0.3 is 0 Å². The Morgan fingerprint density at radius 1 is 1.23 bits per heavy atom. The fourth-order valence-corrected chi connectivity index (χ4v) is 4.09. The summed E-state index contributed by atoms with van der Waals surface area (Å²) >= 11 is 0. The monoisotopic (exact) mass is 473 g/mol. The summed E-state index contributed by atoms with van der Waals surface area (Å²) in [6.45, 7) is 8.29. The lowest BCUT2D eigenvalue weighted by Gasteiger charge is -2.20. The summed E-state index contributed by atoms with van der Waals surface area (Å²) in [6, 6.07) is 9.96. The Balaban J connectivity index is 1.39. The molecule has 1 aliphatic carbocycles. The summed E-state index contributed by atoms with van der Waals surface area (Å²) in [6.07, 6.45) is 5.29. The molecule has 3 aromatic heterocycles. The van der Waals surface area contributed by atoms with Crippen LogP contribution in [0.2, 0.25) is 0 Å². The first-order valence-electron chi connectivity index (χ1n) is 11.8. The van der Waals surface area contributed by atoms with E-state index in [2.05, 4.69) is 31.1 Å². The third kappa shape index (κ3) is 4.73. The van der Waals surface area contributed by atoms with Gasteiger partial charge in [0.2, 0.25) is 0 Å². The number of aromatic nitrogens is 4. The van der Waals surface area contributed by atoms with E-state index in [-0.39, 0.29) is 23.7 Å². The molecule has 7 nitrogen and oxygen atoms in total. The molecule has 1 aromatic carbocycles. The van der Waals surface area contributed by atoms with Crippen LogP contribution < -0.4 is 10.1 Å². The number of carbonyl (C=O) groups is 1. The fraction of sp³-hybridized carbons (Fsp3) is 0.333. The minimum Gasteiger partial charge on any atom is -0.453 e. The number of nitrogens with zero attached hydrogens (tertiary/aromatic N) is 4. The van der Waals surface area contributed by atoms with Crippen molar-refractivity contribution < 1.29 is 13.9 Å². The van der Waals surface area contributed by atoms with Gasteiger partial charge in [0.05, 0.1) is 28.4 Å². The smallest absolute Gasteiger partial charge is 0.252 e. The lowest BCUT2D eigenvalue weighted by molar-refractivity contribution is 0.0952. The highest BCUT2D eigenvalue weighted by molar-refractivity contribution is 6.06. The van der Waals surface area contributed by atoms with Gasteiger partial charge in [-0.05, 0) is 76.4 Å². The van der Waals surface area contributed by atoms with Crippen molar-refractivity contribution in [1.82, 2.24) is 25.1 Å². The minimum absolute atomic E-state index is 0.100. The van der Waals surface area contributed by atoms with Crippen LogP contribution in [0, 0.1) is 12.7 Å². The fourth-order valence-electron chi connectivity index (χ4n) is 4.09. The van der Waals surface area contributed by atoms with Crippen molar-refractivity contribution in [3.8, 4) is 11.5 Å². The Labute approximate surface area is 203 Å². The quantitative estimate of drug-likeness (QED) is 0.393. The number of ether oxygens (including phenoxy) is 1. The first-order valence-corrected chi connectivity index (χ1v) is 11.8. The molecule has 0 unspecified atom stereocenters. The maximum absolute atomic E-state index is 14.6. The normalized spacial score (nSPS) is 13.7. The van der Waals surface area contributed by atoms with Gasteiger partial charge in [0.1, 0.15) is 5.75 Å². The van der Waals surface area contributed by atoms with Gasteiger partial charge < -0.3 is 10.1 Å². The molecule has 0 spiro atoms. The van der Waals surface area contributed by atoms with Crippen molar-refractivity contribution in [1.29, 1.82) is 0 Å². The van der Waals surface area contributed by atoms with Crippen molar-refractivity contribution in [3.63, 3.8) is 0 Å². The molecule has 3 heterocycles. The molecule has 1 N–H and O–H groups in total. The number of hydrogen-bond acceptors (Lipinski definition) is 5. The number of pyridine rings is 2. The Hall–Kier alpha value is -3.81. The molecule has 0 atom stereocenters. The van der Waals surface area contributed by atoms with Gasteiger partial charge in [-0.2, -0.15) is 5.10 Å². The molecule has 0 aliphatic heterocycles. The summed E-state index contributed by atoms with van der Waals surface area (Å²) in [5.74, 6) is 0.197. The van der Waals surface area contributed by atoms with Crippen LogP contribution in [0.5, 0.6) is 11.5 Å². The van der Waals surface area contributed by atoms with E-state index in [1.54, 1.807) is 30.5 Å². The zero-order valence-corrected chi connectivity index (χ0v) is 20.3. The van der Waals surface area contributed by atoms with Crippen LogP contribution in [0.3, 0.4) is 0 Å². The number of aryl methyl sites for hydroxylation is 1. The van der Waals surface area contributed by atoms with Crippen molar-refractivity contribution in [2.75, 3.05) is 0 Å². The minimum atomic E-state index is -0.509. The number of fused-ring (bicyclic) bond motifs is 1. The van der Waals surface area contributed by atoms with Crippen molar-refractivity contribution in [3.05, 3.63) is 77.1 Å². The Bertz CT molecular complexity index is 1400. The number of carbonyl (C=O) groups excluding carboxylic acids is 1. The third-order valence-electron chi connectivity index (χ3n) is 6.02. The van der Waals surface area contributed by atoms with Crippen molar-refractivity contribution in [2.45, 2.75) is 58.5 Å². The van der Waals surface area contributed by atoms with Crippen LogP contribution in [-0.2, 0) is 12.1 Å². The summed E-state index contributed by atoms with van der Waals surface area (Å²) in [4.78, 5) is 22.2. The third-order valence-corrected chi connectivity index (χ3v) is 6.02. The van der Waals surface area contributed by atoms with Gasteiger partial charge in [0.25, 0.3) is 5.91 Å². The molecule has 5 rings (SSSR count). The topological polar surface area (TPSA) is 81.9 Å². The SMILES string of the molecule is Cc1nn(C(C)(C)C)c2nc(C3CC3)cc(C(=O)NCc3ccc(Oc4cccnc4)c(F)c3)c12. The van der Waals surface area contributed by atoms with Crippen LogP contribution in [0.1, 0.15) is 66.8 Å². The second-order valence-electron chi connectivity index (χ2n) is 9.97. The summed E-state index contributed by atoms with van der Waals surface area (Å²) in [5.41, 5.74) is 3.33. The second kappa shape index (κ2) is 8.76. The molecule has 35 heavy (non-hydrogen) atoms. The maximum Gasteiger partial charge on any atom is 0.252 e. The molecule has 0 radical (unpaired) electrons. The van der Waals surface area contributed by atoms with E-state index in [1.165, 1.54) is 12.3 Å². The van der Waals surface area contributed by atoms with Crippen LogP contribution in [0.25, 0.3) is 11.0 Å². The molecule has 1 amide bonds. The highest BCUT2D eigenvalue weighted by atomic mass is 19.1. The first kappa shape index (κ1) is 23.0. The predicted molar refractivity (Wildman–Crippen MR) is 131 cm³/mol. The average Bonchev–Trinajstić information content (AvgIpc) is 3.62. The lowest BCUT2D eigenvalue weighted by atomic mass is 10.1. The van der Waals surface area contributed by atoms with Gasteiger partial charge in [-0.25, -0.2) is 14.1 Å². The molecule has 8 heteroatoms. The van der Waals surface area contributed by atoms with E-state index < -0.39 is 5.82 Å². The standard InChI is InChI=1S/C27H28FN5O2/c1-16-24-20(13-22(18-8-9-18)31-25(24)33(32-16)27(2,3)4)26(34)30-14-17-7-10-23(21(28)12-17)35-19-6-5-11-29-15-19/h5-7,10-13,15,18H,8-9,14H2,1-4H3,(H,30,34). The maximum atomic E-state index is 14.6. The predicted octanol–water partition coefficient (Wildman–Crippen LogP) is 5.63. The molecule has 180 valence electrons. The molecule has 1 aliphatic rings. The highest BCUT2D eigenvalue weighted by Crippen LogP contribution is 2.41. The van der Waals surface area contributed by atoms with Crippen LogP contribution in [0.15, 0.2) is 48.8 Å².